The Hall–Kier alpha value is -2.87. The van der Waals surface area contributed by atoms with Gasteiger partial charge in [-0.15, -0.1) is 0 Å². The van der Waals surface area contributed by atoms with Crippen molar-refractivity contribution < 1.29 is 30.3 Å². The second-order valence-corrected chi connectivity index (χ2v) is 5.97. The van der Waals surface area contributed by atoms with E-state index in [1.807, 2.05) is 0 Å². The number of allylic oxidation sites excluding steroid dienone is 1. The third kappa shape index (κ3) is 5.55. The first-order valence-electron chi connectivity index (χ1n) is 8.45. The highest BCUT2D eigenvalue weighted by Crippen LogP contribution is 2.32. The molecule has 2 aromatic rings. The molecule has 0 amide bonds. The number of carbonyl (C=O) groups excluding carboxylic acids is 1. The summed E-state index contributed by atoms with van der Waals surface area (Å²) in [6, 6.07) is 8.94. The Morgan fingerprint density at radius 2 is 1.56 bits per heavy atom. The fourth-order valence-corrected chi connectivity index (χ4v) is 2.60. The fourth-order valence-electron chi connectivity index (χ4n) is 2.60. The molecule has 0 spiro atoms. The second-order valence-electron chi connectivity index (χ2n) is 5.97. The number of phenols is 3. The highest BCUT2D eigenvalue weighted by molar-refractivity contribution is 6.09. The minimum atomic E-state index is -0.447. The van der Waals surface area contributed by atoms with Gasteiger partial charge in [0.05, 0.1) is 24.3 Å². The average molecular weight is 373 g/mol. The molecule has 2 aromatic carbocycles. The predicted molar refractivity (Wildman–Crippen MR) is 101 cm³/mol. The van der Waals surface area contributed by atoms with Crippen molar-refractivity contribution in [2.75, 3.05) is 26.3 Å². The Morgan fingerprint density at radius 3 is 2.15 bits per heavy atom. The summed E-state index contributed by atoms with van der Waals surface area (Å²) in [5, 5.41) is 48.0. The molecule has 27 heavy (non-hydrogen) atoms. The van der Waals surface area contributed by atoms with Crippen LogP contribution in [-0.2, 0) is 6.54 Å². The number of aliphatic hydroxyl groups is 2. The van der Waals surface area contributed by atoms with Gasteiger partial charge < -0.3 is 25.5 Å². The van der Waals surface area contributed by atoms with Crippen LogP contribution in [-0.4, -0.2) is 62.5 Å². The molecule has 0 aliphatic heterocycles. The van der Waals surface area contributed by atoms with Gasteiger partial charge in [-0.3, -0.25) is 9.69 Å². The lowest BCUT2D eigenvalue weighted by Gasteiger charge is -2.21. The lowest BCUT2D eigenvalue weighted by Crippen LogP contribution is -2.29. The normalized spacial score (nSPS) is 11.4. The van der Waals surface area contributed by atoms with Crippen molar-refractivity contribution in [3.63, 3.8) is 0 Å². The van der Waals surface area contributed by atoms with Crippen LogP contribution < -0.4 is 0 Å². The molecule has 0 aliphatic rings. The maximum Gasteiger partial charge on any atom is 0.189 e. The maximum absolute atomic E-state index is 12.4. The molecule has 0 heterocycles. The maximum atomic E-state index is 12.4. The van der Waals surface area contributed by atoms with Crippen LogP contribution in [0.5, 0.6) is 17.2 Å². The van der Waals surface area contributed by atoms with E-state index in [-0.39, 0.29) is 61.2 Å². The lowest BCUT2D eigenvalue weighted by atomic mass is 10.0. The highest BCUT2D eigenvalue weighted by Gasteiger charge is 2.18. The SMILES string of the molecule is O=C(/C=C/c1ccc(O)cc1)c1ccc(O)c(CN(CCO)CCO)c1O. The van der Waals surface area contributed by atoms with E-state index in [0.717, 1.165) is 0 Å². The van der Waals surface area contributed by atoms with E-state index >= 15 is 0 Å². The van der Waals surface area contributed by atoms with Crippen molar-refractivity contribution in [1.82, 2.24) is 4.90 Å². The predicted octanol–water partition coefficient (Wildman–Crippen LogP) is 1.49. The molecule has 5 N–H and O–H groups in total. The number of aliphatic hydroxyl groups excluding tert-OH is 2. The third-order valence-electron chi connectivity index (χ3n) is 4.06. The van der Waals surface area contributed by atoms with Crippen LogP contribution in [0.3, 0.4) is 0 Å². The summed E-state index contributed by atoms with van der Waals surface area (Å²) in [6.07, 6.45) is 2.85. The molecule has 2 rings (SSSR count). The van der Waals surface area contributed by atoms with Gasteiger partial charge in [0.15, 0.2) is 5.78 Å². The second kappa shape index (κ2) is 9.72. The zero-order valence-electron chi connectivity index (χ0n) is 14.7. The molecule has 0 aliphatic carbocycles. The van der Waals surface area contributed by atoms with Crippen LogP contribution >= 0.6 is 0 Å². The van der Waals surface area contributed by atoms with E-state index in [0.29, 0.717) is 5.56 Å². The fraction of sp³-hybridized carbons (Fsp3) is 0.250. The van der Waals surface area contributed by atoms with Crippen LogP contribution in [0.2, 0.25) is 0 Å². The zero-order chi connectivity index (χ0) is 19.8. The van der Waals surface area contributed by atoms with Crippen LogP contribution in [0, 0.1) is 0 Å². The zero-order valence-corrected chi connectivity index (χ0v) is 14.7. The Bertz CT molecular complexity index is 795. The van der Waals surface area contributed by atoms with Gasteiger partial charge in [0, 0.05) is 19.6 Å². The summed E-state index contributed by atoms with van der Waals surface area (Å²) in [5.74, 6) is -0.837. The minimum Gasteiger partial charge on any atom is -0.508 e. The van der Waals surface area contributed by atoms with Crippen molar-refractivity contribution in [1.29, 1.82) is 0 Å². The van der Waals surface area contributed by atoms with Gasteiger partial charge in [0.25, 0.3) is 0 Å². The molecule has 0 bridgehead atoms. The minimum absolute atomic E-state index is 0.0331. The Kier molecular flexibility index (Phi) is 7.36. The number of aromatic hydroxyl groups is 3. The Balaban J connectivity index is 2.24. The molecule has 0 atom stereocenters. The molecule has 0 saturated heterocycles. The van der Waals surface area contributed by atoms with Gasteiger partial charge in [-0.25, -0.2) is 0 Å². The number of hydrogen-bond acceptors (Lipinski definition) is 7. The molecular weight excluding hydrogens is 350 g/mol. The molecule has 144 valence electrons. The van der Waals surface area contributed by atoms with Crippen molar-refractivity contribution in [2.45, 2.75) is 6.54 Å². The van der Waals surface area contributed by atoms with Gasteiger partial charge in [-0.05, 0) is 35.9 Å². The summed E-state index contributed by atoms with van der Waals surface area (Å²) < 4.78 is 0. The quantitative estimate of drug-likeness (QED) is 0.333. The van der Waals surface area contributed by atoms with Crippen LogP contribution in [0.4, 0.5) is 0 Å². The number of carbonyl (C=O) groups is 1. The highest BCUT2D eigenvalue weighted by atomic mass is 16.3. The van der Waals surface area contributed by atoms with Crippen LogP contribution in [0.1, 0.15) is 21.5 Å². The smallest absolute Gasteiger partial charge is 0.189 e. The molecular formula is C20H23NO6. The summed E-state index contributed by atoms with van der Waals surface area (Å²) >= 11 is 0. The molecule has 0 fully saturated rings. The molecule has 0 saturated carbocycles. The number of phenolic OH excluding ortho intramolecular Hbond substituents is 3. The van der Waals surface area contributed by atoms with E-state index in [1.54, 1.807) is 23.1 Å². The number of ketones is 1. The topological polar surface area (TPSA) is 121 Å². The molecule has 7 heteroatoms. The van der Waals surface area contributed by atoms with E-state index in [2.05, 4.69) is 0 Å². The summed E-state index contributed by atoms with van der Waals surface area (Å²) in [6.45, 7) is 0.281. The number of benzene rings is 2. The van der Waals surface area contributed by atoms with Crippen molar-refractivity contribution in [3.05, 3.63) is 59.2 Å². The molecule has 0 unspecified atom stereocenters. The first-order chi connectivity index (χ1) is 13.0. The van der Waals surface area contributed by atoms with Crippen molar-refractivity contribution >= 4 is 11.9 Å². The average Bonchev–Trinajstić information content (AvgIpc) is 2.64. The first kappa shape index (κ1) is 20.4. The number of nitrogens with zero attached hydrogens (tertiary/aromatic N) is 1. The molecule has 7 nitrogen and oxygen atoms in total. The summed E-state index contributed by atoms with van der Waals surface area (Å²) in [5.41, 5.74) is 0.892. The van der Waals surface area contributed by atoms with Crippen LogP contribution in [0.15, 0.2) is 42.5 Å². The van der Waals surface area contributed by atoms with Gasteiger partial charge in [0.1, 0.15) is 17.2 Å². The first-order valence-corrected chi connectivity index (χ1v) is 8.45. The summed E-state index contributed by atoms with van der Waals surface area (Å²) in [4.78, 5) is 14.1. The van der Waals surface area contributed by atoms with E-state index in [9.17, 15) is 20.1 Å². The van der Waals surface area contributed by atoms with E-state index < -0.39 is 5.78 Å². The van der Waals surface area contributed by atoms with Gasteiger partial charge in [-0.2, -0.15) is 0 Å². The van der Waals surface area contributed by atoms with Gasteiger partial charge in [-0.1, -0.05) is 18.2 Å². The van der Waals surface area contributed by atoms with E-state index in [4.69, 9.17) is 10.2 Å². The monoisotopic (exact) mass is 373 g/mol. The van der Waals surface area contributed by atoms with E-state index in [1.165, 1.54) is 30.3 Å². The Morgan fingerprint density at radius 1 is 0.926 bits per heavy atom. The van der Waals surface area contributed by atoms with Crippen molar-refractivity contribution in [2.24, 2.45) is 0 Å². The number of rotatable bonds is 9. The van der Waals surface area contributed by atoms with Gasteiger partial charge in [0.2, 0.25) is 0 Å². The molecule has 0 radical (unpaired) electrons. The number of hydrogen-bond donors (Lipinski definition) is 5. The van der Waals surface area contributed by atoms with Crippen LogP contribution in [0.25, 0.3) is 6.08 Å². The lowest BCUT2D eigenvalue weighted by molar-refractivity contribution is 0.104. The standard InChI is InChI=1S/C20H23NO6/c22-11-9-21(10-12-23)13-17-19(26)8-6-16(20(17)27)18(25)7-3-14-1-4-15(24)5-2-14/h1-8,22-24,26-27H,9-13H2/b7-3+. The van der Waals surface area contributed by atoms with Gasteiger partial charge >= 0.3 is 0 Å². The molecule has 0 aromatic heterocycles. The largest absolute Gasteiger partial charge is 0.508 e. The third-order valence-corrected chi connectivity index (χ3v) is 4.06. The Labute approximate surface area is 157 Å². The van der Waals surface area contributed by atoms with Crippen molar-refractivity contribution in [3.8, 4) is 17.2 Å². The summed E-state index contributed by atoms with van der Waals surface area (Å²) in [7, 11) is 0.